The second kappa shape index (κ2) is 4.53. The highest BCUT2D eigenvalue weighted by molar-refractivity contribution is 5.94. The maximum Gasteiger partial charge on any atom is 0.255 e. The number of hydrogen-bond donors (Lipinski definition) is 1. The molecule has 1 N–H and O–H groups in total. The first-order valence-electron chi connectivity index (χ1n) is 4.93. The van der Waals surface area contributed by atoms with Crippen LogP contribution in [-0.2, 0) is 7.05 Å². The molecule has 6 nitrogen and oxygen atoms in total. The van der Waals surface area contributed by atoms with E-state index in [-0.39, 0.29) is 5.91 Å². The van der Waals surface area contributed by atoms with Gasteiger partial charge in [0.1, 0.15) is 5.76 Å². The Morgan fingerprint density at radius 1 is 1.71 bits per heavy atom. The largest absolute Gasteiger partial charge is 0.466 e. The fourth-order valence-corrected chi connectivity index (χ4v) is 1.38. The lowest BCUT2D eigenvalue weighted by Gasteiger charge is -2.07. The summed E-state index contributed by atoms with van der Waals surface area (Å²) in [5.74, 6) is 0.0470. The van der Waals surface area contributed by atoms with Gasteiger partial charge in [0.05, 0.1) is 24.1 Å². The summed E-state index contributed by atoms with van der Waals surface area (Å²) < 4.78 is 6.59. The Labute approximate surface area is 97.5 Å². The monoisotopic (exact) mass is 230 g/mol. The van der Waals surface area contributed by atoms with Gasteiger partial charge >= 0.3 is 0 Å². The minimum atomic E-state index is -0.794. The number of nitriles is 1. The van der Waals surface area contributed by atoms with Crippen molar-refractivity contribution in [2.75, 3.05) is 0 Å². The van der Waals surface area contributed by atoms with Crippen LogP contribution in [0.4, 0.5) is 0 Å². The topological polar surface area (TPSA) is 83.9 Å². The second-order valence-corrected chi connectivity index (χ2v) is 3.45. The van der Waals surface area contributed by atoms with Gasteiger partial charge in [0.15, 0.2) is 6.04 Å². The number of carbonyl (C=O) groups is 1. The average molecular weight is 230 g/mol. The smallest absolute Gasteiger partial charge is 0.255 e. The van der Waals surface area contributed by atoms with Crippen LogP contribution in [0.15, 0.2) is 35.2 Å². The van der Waals surface area contributed by atoms with Crippen LogP contribution in [0, 0.1) is 11.3 Å². The van der Waals surface area contributed by atoms with Gasteiger partial charge in [-0.15, -0.1) is 0 Å². The van der Waals surface area contributed by atoms with Crippen molar-refractivity contribution in [2.24, 2.45) is 7.05 Å². The lowest BCUT2D eigenvalue weighted by molar-refractivity contribution is 0.0941. The van der Waals surface area contributed by atoms with Crippen LogP contribution >= 0.6 is 0 Å². The summed E-state index contributed by atoms with van der Waals surface area (Å²) in [5.41, 5.74) is 0.402. The number of nitrogens with zero attached hydrogens (tertiary/aromatic N) is 3. The van der Waals surface area contributed by atoms with Crippen LogP contribution in [0.2, 0.25) is 0 Å². The van der Waals surface area contributed by atoms with Gasteiger partial charge in [-0.1, -0.05) is 0 Å². The van der Waals surface area contributed by atoms with Crippen molar-refractivity contribution in [1.82, 2.24) is 15.1 Å². The molecule has 1 amide bonds. The van der Waals surface area contributed by atoms with E-state index < -0.39 is 6.04 Å². The predicted octanol–water partition coefficient (Wildman–Crippen LogP) is 1.01. The van der Waals surface area contributed by atoms with Crippen LogP contribution in [0.1, 0.15) is 22.2 Å². The molecule has 2 aromatic heterocycles. The number of nitrogens with one attached hydrogen (secondary N) is 1. The van der Waals surface area contributed by atoms with Gasteiger partial charge in [-0.05, 0) is 12.1 Å². The Bertz CT molecular complexity index is 550. The molecule has 0 aliphatic heterocycles. The molecule has 0 bridgehead atoms. The number of amides is 1. The van der Waals surface area contributed by atoms with Crippen molar-refractivity contribution in [3.63, 3.8) is 0 Å². The standard InChI is InChI=1S/C11H10N4O2/c1-15-7-8(6-13-15)11(16)14-9(5-12)10-3-2-4-17-10/h2-4,6-7,9H,1H3,(H,14,16). The third kappa shape index (κ3) is 2.34. The first kappa shape index (κ1) is 11.0. The van der Waals surface area contributed by atoms with Gasteiger partial charge in [0, 0.05) is 13.2 Å². The van der Waals surface area contributed by atoms with Crippen molar-refractivity contribution in [3.8, 4) is 6.07 Å². The fourth-order valence-electron chi connectivity index (χ4n) is 1.38. The molecule has 0 aliphatic carbocycles. The summed E-state index contributed by atoms with van der Waals surface area (Å²) >= 11 is 0. The molecule has 0 aliphatic rings. The summed E-state index contributed by atoms with van der Waals surface area (Å²) in [5, 5.41) is 15.4. The predicted molar refractivity (Wildman–Crippen MR) is 57.7 cm³/mol. The minimum Gasteiger partial charge on any atom is -0.466 e. The molecule has 6 heteroatoms. The first-order valence-corrected chi connectivity index (χ1v) is 4.93. The molecule has 86 valence electrons. The number of furan rings is 1. The summed E-state index contributed by atoms with van der Waals surface area (Å²) in [6.45, 7) is 0. The van der Waals surface area contributed by atoms with Crippen molar-refractivity contribution in [3.05, 3.63) is 42.1 Å². The highest BCUT2D eigenvalue weighted by atomic mass is 16.3. The lowest BCUT2D eigenvalue weighted by atomic mass is 10.2. The molecule has 0 saturated heterocycles. The molecule has 0 fully saturated rings. The van der Waals surface area contributed by atoms with E-state index in [0.717, 1.165) is 0 Å². The van der Waals surface area contributed by atoms with Gasteiger partial charge in [0.2, 0.25) is 0 Å². The number of rotatable bonds is 3. The summed E-state index contributed by atoms with van der Waals surface area (Å²) in [7, 11) is 1.71. The highest BCUT2D eigenvalue weighted by Crippen LogP contribution is 2.13. The fraction of sp³-hybridized carbons (Fsp3) is 0.182. The molecule has 2 aromatic rings. The zero-order valence-electron chi connectivity index (χ0n) is 9.12. The maximum atomic E-state index is 11.8. The van der Waals surface area contributed by atoms with Crippen LogP contribution in [-0.4, -0.2) is 15.7 Å². The Balaban J connectivity index is 2.10. The van der Waals surface area contributed by atoms with Crippen molar-refractivity contribution in [1.29, 1.82) is 5.26 Å². The Hall–Kier alpha value is -2.55. The highest BCUT2D eigenvalue weighted by Gasteiger charge is 2.17. The van der Waals surface area contributed by atoms with Gasteiger partial charge < -0.3 is 9.73 Å². The van der Waals surface area contributed by atoms with Gasteiger partial charge in [-0.3, -0.25) is 9.48 Å². The van der Waals surface area contributed by atoms with Crippen LogP contribution in [0.3, 0.4) is 0 Å². The zero-order valence-corrected chi connectivity index (χ0v) is 9.12. The summed E-state index contributed by atoms with van der Waals surface area (Å²) in [6, 6.07) is 4.46. The van der Waals surface area contributed by atoms with Gasteiger partial charge in [-0.25, -0.2) is 0 Å². The first-order chi connectivity index (χ1) is 8.20. The molecular weight excluding hydrogens is 220 g/mol. The molecule has 1 atom stereocenters. The zero-order chi connectivity index (χ0) is 12.3. The normalized spacial score (nSPS) is 11.8. The third-order valence-corrected chi connectivity index (χ3v) is 2.20. The number of carbonyl (C=O) groups excluding carboxylic acids is 1. The van der Waals surface area contributed by atoms with Crippen molar-refractivity contribution in [2.45, 2.75) is 6.04 Å². The van der Waals surface area contributed by atoms with Crippen LogP contribution < -0.4 is 5.32 Å². The van der Waals surface area contributed by atoms with E-state index >= 15 is 0 Å². The molecule has 1 unspecified atom stereocenters. The number of aryl methyl sites for hydroxylation is 1. The summed E-state index contributed by atoms with van der Waals surface area (Å²) in [6.07, 6.45) is 4.47. The molecule has 0 aromatic carbocycles. The molecular formula is C11H10N4O2. The quantitative estimate of drug-likeness (QED) is 0.852. The second-order valence-electron chi connectivity index (χ2n) is 3.45. The molecule has 2 heterocycles. The molecule has 0 radical (unpaired) electrons. The van der Waals surface area contributed by atoms with Crippen LogP contribution in [0.25, 0.3) is 0 Å². The van der Waals surface area contributed by atoms with E-state index in [1.165, 1.54) is 17.1 Å². The van der Waals surface area contributed by atoms with Gasteiger partial charge in [-0.2, -0.15) is 10.4 Å². The SMILES string of the molecule is Cn1cc(C(=O)NC(C#N)c2ccco2)cn1. The van der Waals surface area contributed by atoms with E-state index in [2.05, 4.69) is 10.4 Å². The van der Waals surface area contributed by atoms with Crippen molar-refractivity contribution < 1.29 is 9.21 Å². The van der Waals surface area contributed by atoms with E-state index in [9.17, 15) is 4.79 Å². The molecule has 0 spiro atoms. The Morgan fingerprint density at radius 3 is 3.06 bits per heavy atom. The summed E-state index contributed by atoms with van der Waals surface area (Å²) in [4.78, 5) is 11.8. The molecule has 2 rings (SSSR count). The third-order valence-electron chi connectivity index (χ3n) is 2.20. The van der Waals surface area contributed by atoms with Crippen molar-refractivity contribution >= 4 is 5.91 Å². The Kier molecular flexibility index (Phi) is 2.92. The number of hydrogen-bond acceptors (Lipinski definition) is 4. The number of aromatic nitrogens is 2. The maximum absolute atomic E-state index is 11.8. The molecule has 17 heavy (non-hydrogen) atoms. The van der Waals surface area contributed by atoms with Gasteiger partial charge in [0.25, 0.3) is 5.91 Å². The lowest BCUT2D eigenvalue weighted by Crippen LogP contribution is -2.27. The molecule has 0 saturated carbocycles. The van der Waals surface area contributed by atoms with E-state index in [1.54, 1.807) is 25.4 Å². The van der Waals surface area contributed by atoms with E-state index in [0.29, 0.717) is 11.3 Å². The Morgan fingerprint density at radius 2 is 2.53 bits per heavy atom. The van der Waals surface area contributed by atoms with Crippen LogP contribution in [0.5, 0.6) is 0 Å². The van der Waals surface area contributed by atoms with E-state index in [4.69, 9.17) is 9.68 Å². The average Bonchev–Trinajstić information content (AvgIpc) is 2.96. The minimum absolute atomic E-state index is 0.360. The van der Waals surface area contributed by atoms with E-state index in [1.807, 2.05) is 6.07 Å².